The molecule has 0 radical (unpaired) electrons. The Bertz CT molecular complexity index is 238. The highest BCUT2D eigenvalue weighted by Crippen LogP contribution is 2.24. The van der Waals surface area contributed by atoms with Crippen LogP contribution >= 0.6 is 0 Å². The van der Waals surface area contributed by atoms with Crippen LogP contribution in [0.2, 0.25) is 0 Å². The molecule has 1 heterocycles. The van der Waals surface area contributed by atoms with Gasteiger partial charge in [0.1, 0.15) is 11.5 Å². The molecule has 0 saturated carbocycles. The minimum atomic E-state index is -2.86. The number of nitrogens with one attached hydrogen (secondary N) is 1. The van der Waals surface area contributed by atoms with Crippen molar-refractivity contribution >= 4 is 0 Å². The zero-order chi connectivity index (χ0) is 8.48. The van der Waals surface area contributed by atoms with Gasteiger partial charge in [0, 0.05) is 6.92 Å². The monoisotopic (exact) mass is 161 g/mol. The number of nitrogens with two attached hydrogens (primary N) is 1. The van der Waals surface area contributed by atoms with Crippen molar-refractivity contribution in [3.63, 3.8) is 0 Å². The first-order valence-corrected chi connectivity index (χ1v) is 3.16. The number of halogens is 2. The lowest BCUT2D eigenvalue weighted by Crippen LogP contribution is -2.08. The number of nitrogens with zero attached hydrogens (tertiary/aromatic N) is 1. The number of H-pyrrole nitrogens is 1. The Kier molecular flexibility index (Phi) is 1.90. The van der Waals surface area contributed by atoms with Crippen LogP contribution in [0.1, 0.15) is 18.4 Å². The molecule has 5 heteroatoms. The Morgan fingerprint density at radius 3 is 2.64 bits per heavy atom. The van der Waals surface area contributed by atoms with E-state index in [1.165, 1.54) is 0 Å². The van der Waals surface area contributed by atoms with Crippen LogP contribution in [0.25, 0.3) is 0 Å². The molecular formula is C6H9F2N3. The molecule has 62 valence electrons. The van der Waals surface area contributed by atoms with E-state index in [0.29, 0.717) is 5.82 Å². The number of aromatic amines is 1. The molecule has 11 heavy (non-hydrogen) atoms. The Morgan fingerprint density at radius 1 is 1.73 bits per heavy atom. The van der Waals surface area contributed by atoms with Crippen molar-refractivity contribution in [1.29, 1.82) is 0 Å². The van der Waals surface area contributed by atoms with Crippen molar-refractivity contribution in [2.45, 2.75) is 19.4 Å². The van der Waals surface area contributed by atoms with E-state index >= 15 is 0 Å². The first-order chi connectivity index (χ1) is 5.04. The molecule has 1 rings (SSSR count). The zero-order valence-corrected chi connectivity index (χ0v) is 6.06. The zero-order valence-electron chi connectivity index (χ0n) is 6.06. The van der Waals surface area contributed by atoms with E-state index in [1.807, 2.05) is 0 Å². The highest BCUT2D eigenvalue weighted by molar-refractivity contribution is 5.06. The Labute approximate surface area is 62.6 Å². The van der Waals surface area contributed by atoms with E-state index in [2.05, 4.69) is 9.97 Å². The van der Waals surface area contributed by atoms with Crippen molar-refractivity contribution in [2.24, 2.45) is 5.73 Å². The first kappa shape index (κ1) is 8.13. The van der Waals surface area contributed by atoms with Gasteiger partial charge in [0.25, 0.3) is 5.92 Å². The molecular weight excluding hydrogens is 152 g/mol. The molecule has 0 amide bonds. The largest absolute Gasteiger partial charge is 0.340 e. The van der Waals surface area contributed by atoms with Crippen molar-refractivity contribution < 1.29 is 8.78 Å². The summed E-state index contributed by atoms with van der Waals surface area (Å²) in [6, 6.07) is 0. The summed E-state index contributed by atoms with van der Waals surface area (Å²) in [5.41, 5.74) is 4.97. The van der Waals surface area contributed by atoms with Crippen molar-refractivity contribution in [3.05, 3.63) is 17.7 Å². The summed E-state index contributed by atoms with van der Waals surface area (Å²) in [5.74, 6) is -2.48. The molecule has 0 saturated heterocycles. The van der Waals surface area contributed by atoms with Gasteiger partial charge in [0.2, 0.25) is 0 Å². The van der Waals surface area contributed by atoms with Gasteiger partial charge in [-0.05, 0) is 0 Å². The summed E-state index contributed by atoms with van der Waals surface area (Å²) in [7, 11) is 0. The number of alkyl halides is 2. The molecule has 0 aliphatic rings. The summed E-state index contributed by atoms with van der Waals surface area (Å²) in [6.45, 7) is 0.955. The third-order valence-electron chi connectivity index (χ3n) is 1.29. The van der Waals surface area contributed by atoms with Crippen LogP contribution in [0.4, 0.5) is 8.78 Å². The molecule has 1 aromatic heterocycles. The lowest BCUT2D eigenvalue weighted by Gasteiger charge is -2.05. The number of rotatable bonds is 2. The van der Waals surface area contributed by atoms with E-state index in [0.717, 1.165) is 13.1 Å². The van der Waals surface area contributed by atoms with Crippen LogP contribution in [0.5, 0.6) is 0 Å². The molecule has 0 bridgehead atoms. The van der Waals surface area contributed by atoms with E-state index in [9.17, 15) is 8.78 Å². The quantitative estimate of drug-likeness (QED) is 0.679. The summed E-state index contributed by atoms with van der Waals surface area (Å²) in [6.07, 6.45) is 1.10. The molecule has 0 atom stereocenters. The van der Waals surface area contributed by atoms with Crippen LogP contribution < -0.4 is 5.73 Å². The number of hydrogen-bond acceptors (Lipinski definition) is 2. The number of hydrogen-bond donors (Lipinski definition) is 2. The number of aromatic nitrogens is 2. The van der Waals surface area contributed by atoms with Crippen molar-refractivity contribution in [3.8, 4) is 0 Å². The average Bonchev–Trinajstić information content (AvgIpc) is 2.32. The minimum Gasteiger partial charge on any atom is -0.340 e. The highest BCUT2D eigenvalue weighted by Gasteiger charge is 2.26. The second-order valence-electron chi connectivity index (χ2n) is 2.34. The first-order valence-electron chi connectivity index (χ1n) is 3.16. The summed E-state index contributed by atoms with van der Waals surface area (Å²) in [5, 5.41) is 0. The molecule has 0 spiro atoms. The molecule has 3 nitrogen and oxygen atoms in total. The maximum absolute atomic E-state index is 12.5. The van der Waals surface area contributed by atoms with Crippen LogP contribution in [0.3, 0.4) is 0 Å². The van der Waals surface area contributed by atoms with Gasteiger partial charge in [-0.3, -0.25) is 0 Å². The predicted molar refractivity (Wildman–Crippen MR) is 36.0 cm³/mol. The van der Waals surface area contributed by atoms with E-state index in [4.69, 9.17) is 5.73 Å². The third-order valence-corrected chi connectivity index (χ3v) is 1.29. The van der Waals surface area contributed by atoms with Crippen LogP contribution in [-0.2, 0) is 12.5 Å². The van der Waals surface area contributed by atoms with Gasteiger partial charge in [0.15, 0.2) is 0 Å². The average molecular weight is 161 g/mol. The van der Waals surface area contributed by atoms with Gasteiger partial charge in [-0.15, -0.1) is 0 Å². The van der Waals surface area contributed by atoms with Crippen LogP contribution in [-0.4, -0.2) is 9.97 Å². The Hall–Kier alpha value is -0.970. The molecule has 0 aromatic carbocycles. The smallest absolute Gasteiger partial charge is 0.286 e. The fraction of sp³-hybridized carbons (Fsp3) is 0.500. The van der Waals surface area contributed by atoms with Gasteiger partial charge in [-0.25, -0.2) is 4.98 Å². The second-order valence-corrected chi connectivity index (χ2v) is 2.34. The maximum atomic E-state index is 12.5. The Morgan fingerprint density at radius 2 is 2.36 bits per heavy atom. The molecule has 0 aliphatic heterocycles. The van der Waals surface area contributed by atoms with Crippen LogP contribution in [0, 0.1) is 0 Å². The van der Waals surface area contributed by atoms with E-state index in [-0.39, 0.29) is 12.2 Å². The van der Waals surface area contributed by atoms with Gasteiger partial charge >= 0.3 is 0 Å². The fourth-order valence-corrected chi connectivity index (χ4v) is 0.689. The highest BCUT2D eigenvalue weighted by atomic mass is 19.3. The summed E-state index contributed by atoms with van der Waals surface area (Å²) >= 11 is 0. The third kappa shape index (κ3) is 1.74. The standard InChI is InChI=1S/C6H9F2N3/c1-6(7,8)4-3-10-5(2-9)11-4/h3H,2,9H2,1H3,(H,10,11). The maximum Gasteiger partial charge on any atom is 0.286 e. The lowest BCUT2D eigenvalue weighted by atomic mass is 10.3. The van der Waals surface area contributed by atoms with Gasteiger partial charge in [-0.1, -0.05) is 0 Å². The lowest BCUT2D eigenvalue weighted by molar-refractivity contribution is 0.0131. The summed E-state index contributed by atoms with van der Waals surface area (Å²) in [4.78, 5) is 6.06. The van der Waals surface area contributed by atoms with Gasteiger partial charge in [0.05, 0.1) is 12.7 Å². The van der Waals surface area contributed by atoms with Gasteiger partial charge < -0.3 is 10.7 Å². The second kappa shape index (κ2) is 2.58. The molecule has 3 N–H and O–H groups in total. The van der Waals surface area contributed by atoms with Gasteiger partial charge in [-0.2, -0.15) is 8.78 Å². The Balaban J connectivity index is 2.89. The van der Waals surface area contributed by atoms with Crippen LogP contribution in [0.15, 0.2) is 6.20 Å². The fourth-order valence-electron chi connectivity index (χ4n) is 0.689. The molecule has 0 aliphatic carbocycles. The minimum absolute atomic E-state index is 0.149. The van der Waals surface area contributed by atoms with Crippen molar-refractivity contribution in [2.75, 3.05) is 0 Å². The van der Waals surface area contributed by atoms with E-state index in [1.54, 1.807) is 0 Å². The predicted octanol–water partition coefficient (Wildman–Crippen LogP) is 0.980. The molecule has 1 aromatic rings. The van der Waals surface area contributed by atoms with E-state index < -0.39 is 5.92 Å². The molecule has 0 fully saturated rings. The number of imidazole rings is 1. The SMILES string of the molecule is CC(F)(F)c1cnc(CN)[nH]1. The van der Waals surface area contributed by atoms with Crippen molar-refractivity contribution in [1.82, 2.24) is 9.97 Å². The molecule has 0 unspecified atom stereocenters. The topological polar surface area (TPSA) is 54.7 Å². The normalized spacial score (nSPS) is 12.0. The summed E-state index contributed by atoms with van der Waals surface area (Å²) < 4.78 is 25.0.